The van der Waals surface area contributed by atoms with Gasteiger partial charge in [-0.2, -0.15) is 0 Å². The van der Waals surface area contributed by atoms with Crippen LogP contribution >= 0.6 is 0 Å². The Morgan fingerprint density at radius 2 is 2.11 bits per heavy atom. The van der Waals surface area contributed by atoms with Crippen molar-refractivity contribution in [2.45, 2.75) is 27.3 Å². The fraction of sp³-hybridized carbons (Fsp3) is 0.500. The largest absolute Gasteiger partial charge is 0.493 e. The Labute approximate surface area is 115 Å². The quantitative estimate of drug-likeness (QED) is 0.773. The molecule has 0 aliphatic heterocycles. The normalized spacial score (nSPS) is 11.4. The number of aromatic nitrogens is 1. The third kappa shape index (κ3) is 3.51. The number of ether oxygens (including phenoxy) is 1. The standard InChI is InChI=1S/C16H24N2O/c1-4-19-16-7-5-6-15-14(16)8-10-18(15)11-9-17-12-13(2)3/h5-8,10,13,17H,4,9,11-12H2,1-3H3. The summed E-state index contributed by atoms with van der Waals surface area (Å²) >= 11 is 0. The summed E-state index contributed by atoms with van der Waals surface area (Å²) in [7, 11) is 0. The van der Waals surface area contributed by atoms with Crippen molar-refractivity contribution in [1.29, 1.82) is 0 Å². The van der Waals surface area contributed by atoms with Crippen LogP contribution in [0.25, 0.3) is 10.9 Å². The van der Waals surface area contributed by atoms with Gasteiger partial charge in [0, 0.05) is 24.7 Å². The first-order valence-corrected chi connectivity index (χ1v) is 7.13. The van der Waals surface area contributed by atoms with Crippen molar-refractivity contribution in [3.8, 4) is 5.75 Å². The second kappa shape index (κ2) is 6.62. The van der Waals surface area contributed by atoms with Crippen molar-refractivity contribution >= 4 is 10.9 Å². The summed E-state index contributed by atoms with van der Waals surface area (Å²) in [5.41, 5.74) is 1.25. The van der Waals surface area contributed by atoms with E-state index in [0.29, 0.717) is 12.5 Å². The van der Waals surface area contributed by atoms with Crippen molar-refractivity contribution < 1.29 is 4.74 Å². The number of fused-ring (bicyclic) bond motifs is 1. The molecule has 0 radical (unpaired) electrons. The number of hydrogen-bond acceptors (Lipinski definition) is 2. The lowest BCUT2D eigenvalue weighted by molar-refractivity contribution is 0.344. The van der Waals surface area contributed by atoms with Gasteiger partial charge >= 0.3 is 0 Å². The van der Waals surface area contributed by atoms with E-state index in [1.165, 1.54) is 10.9 Å². The summed E-state index contributed by atoms with van der Waals surface area (Å²) in [4.78, 5) is 0. The minimum Gasteiger partial charge on any atom is -0.493 e. The van der Waals surface area contributed by atoms with Crippen LogP contribution in [0.5, 0.6) is 5.75 Å². The molecule has 1 N–H and O–H groups in total. The first kappa shape index (κ1) is 13.9. The van der Waals surface area contributed by atoms with Crippen molar-refractivity contribution in [2.24, 2.45) is 5.92 Å². The van der Waals surface area contributed by atoms with Gasteiger partial charge in [0.05, 0.1) is 12.1 Å². The molecule has 0 bridgehead atoms. The zero-order valence-corrected chi connectivity index (χ0v) is 12.1. The Kier molecular flexibility index (Phi) is 4.86. The predicted molar refractivity (Wildman–Crippen MR) is 80.8 cm³/mol. The number of hydrogen-bond donors (Lipinski definition) is 1. The minimum absolute atomic E-state index is 0.700. The zero-order chi connectivity index (χ0) is 13.7. The van der Waals surface area contributed by atoms with E-state index >= 15 is 0 Å². The van der Waals surface area contributed by atoms with E-state index in [-0.39, 0.29) is 0 Å². The highest BCUT2D eigenvalue weighted by atomic mass is 16.5. The molecule has 0 atom stereocenters. The highest BCUT2D eigenvalue weighted by Gasteiger charge is 2.05. The predicted octanol–water partition coefficient (Wildman–Crippen LogP) is 3.29. The fourth-order valence-electron chi connectivity index (χ4n) is 2.26. The van der Waals surface area contributed by atoms with E-state index in [2.05, 4.69) is 48.1 Å². The van der Waals surface area contributed by atoms with E-state index in [0.717, 1.165) is 25.4 Å². The van der Waals surface area contributed by atoms with Crippen LogP contribution in [0.2, 0.25) is 0 Å². The second-order valence-electron chi connectivity index (χ2n) is 5.23. The number of rotatable bonds is 7. The molecular formula is C16H24N2O. The van der Waals surface area contributed by atoms with Gasteiger partial charge in [0.2, 0.25) is 0 Å². The summed E-state index contributed by atoms with van der Waals surface area (Å²) in [6, 6.07) is 8.39. The SMILES string of the molecule is CCOc1cccc2c1ccn2CCNCC(C)C. The molecule has 0 saturated carbocycles. The molecule has 2 rings (SSSR count). The van der Waals surface area contributed by atoms with Crippen LogP contribution in [0.4, 0.5) is 0 Å². The molecule has 104 valence electrons. The van der Waals surface area contributed by atoms with E-state index < -0.39 is 0 Å². The second-order valence-corrected chi connectivity index (χ2v) is 5.23. The number of benzene rings is 1. The average Bonchev–Trinajstić information content (AvgIpc) is 2.79. The van der Waals surface area contributed by atoms with Crippen LogP contribution in [0.1, 0.15) is 20.8 Å². The lowest BCUT2D eigenvalue weighted by atomic mass is 10.2. The summed E-state index contributed by atoms with van der Waals surface area (Å²) in [6.45, 7) is 10.3. The van der Waals surface area contributed by atoms with Gasteiger partial charge in [-0.05, 0) is 37.6 Å². The molecule has 0 unspecified atom stereocenters. The molecule has 19 heavy (non-hydrogen) atoms. The molecule has 0 aliphatic rings. The molecule has 0 fully saturated rings. The number of nitrogens with zero attached hydrogens (tertiary/aromatic N) is 1. The highest BCUT2D eigenvalue weighted by molar-refractivity contribution is 5.86. The van der Waals surface area contributed by atoms with Gasteiger partial charge in [-0.1, -0.05) is 19.9 Å². The molecule has 0 aliphatic carbocycles. The monoisotopic (exact) mass is 260 g/mol. The fourth-order valence-corrected chi connectivity index (χ4v) is 2.26. The number of nitrogens with one attached hydrogen (secondary N) is 1. The Morgan fingerprint density at radius 3 is 2.84 bits per heavy atom. The third-order valence-corrected chi connectivity index (χ3v) is 3.16. The van der Waals surface area contributed by atoms with Crippen LogP contribution in [-0.4, -0.2) is 24.3 Å². The Morgan fingerprint density at radius 1 is 1.26 bits per heavy atom. The van der Waals surface area contributed by atoms with Gasteiger partial charge in [-0.25, -0.2) is 0 Å². The minimum atomic E-state index is 0.700. The van der Waals surface area contributed by atoms with E-state index in [4.69, 9.17) is 4.74 Å². The summed E-state index contributed by atoms with van der Waals surface area (Å²) in [5, 5.41) is 4.68. The molecule has 0 spiro atoms. The molecule has 0 saturated heterocycles. The Balaban J connectivity index is 2.06. The van der Waals surface area contributed by atoms with Gasteiger partial charge < -0.3 is 14.6 Å². The summed E-state index contributed by atoms with van der Waals surface area (Å²) in [5.74, 6) is 1.68. The molecule has 2 aromatic rings. The highest BCUT2D eigenvalue weighted by Crippen LogP contribution is 2.26. The van der Waals surface area contributed by atoms with Crippen molar-refractivity contribution in [1.82, 2.24) is 9.88 Å². The van der Waals surface area contributed by atoms with E-state index in [1.807, 2.05) is 13.0 Å². The molecule has 1 heterocycles. The van der Waals surface area contributed by atoms with E-state index in [9.17, 15) is 0 Å². The van der Waals surface area contributed by atoms with Crippen LogP contribution in [0, 0.1) is 5.92 Å². The molecule has 3 nitrogen and oxygen atoms in total. The van der Waals surface area contributed by atoms with Gasteiger partial charge in [-0.15, -0.1) is 0 Å². The smallest absolute Gasteiger partial charge is 0.128 e. The van der Waals surface area contributed by atoms with Crippen LogP contribution < -0.4 is 10.1 Å². The van der Waals surface area contributed by atoms with Gasteiger partial charge in [0.25, 0.3) is 0 Å². The molecule has 3 heteroatoms. The van der Waals surface area contributed by atoms with Crippen molar-refractivity contribution in [3.63, 3.8) is 0 Å². The zero-order valence-electron chi connectivity index (χ0n) is 12.1. The van der Waals surface area contributed by atoms with Crippen LogP contribution in [-0.2, 0) is 6.54 Å². The lowest BCUT2D eigenvalue weighted by Crippen LogP contribution is -2.23. The van der Waals surface area contributed by atoms with Crippen LogP contribution in [0.15, 0.2) is 30.5 Å². The molecule has 0 amide bonds. The van der Waals surface area contributed by atoms with Gasteiger partial charge in [0.1, 0.15) is 5.75 Å². The molecule has 1 aromatic heterocycles. The maximum Gasteiger partial charge on any atom is 0.128 e. The van der Waals surface area contributed by atoms with Gasteiger partial charge in [-0.3, -0.25) is 0 Å². The Bertz CT molecular complexity index is 516. The maximum atomic E-state index is 5.66. The summed E-state index contributed by atoms with van der Waals surface area (Å²) in [6.07, 6.45) is 2.14. The first-order chi connectivity index (χ1) is 9.22. The Hall–Kier alpha value is -1.48. The van der Waals surface area contributed by atoms with Gasteiger partial charge in [0.15, 0.2) is 0 Å². The first-order valence-electron chi connectivity index (χ1n) is 7.13. The topological polar surface area (TPSA) is 26.2 Å². The molecule has 1 aromatic carbocycles. The van der Waals surface area contributed by atoms with Crippen LogP contribution in [0.3, 0.4) is 0 Å². The summed E-state index contributed by atoms with van der Waals surface area (Å²) < 4.78 is 7.94. The molecular weight excluding hydrogens is 236 g/mol. The van der Waals surface area contributed by atoms with E-state index in [1.54, 1.807) is 0 Å². The van der Waals surface area contributed by atoms with Crippen molar-refractivity contribution in [3.05, 3.63) is 30.5 Å². The van der Waals surface area contributed by atoms with Crippen molar-refractivity contribution in [2.75, 3.05) is 19.7 Å². The lowest BCUT2D eigenvalue weighted by Gasteiger charge is -2.10. The maximum absolute atomic E-state index is 5.66. The third-order valence-electron chi connectivity index (χ3n) is 3.16. The average molecular weight is 260 g/mol.